The first-order valence-corrected chi connectivity index (χ1v) is 11.5. The molecule has 1 aliphatic rings. The summed E-state index contributed by atoms with van der Waals surface area (Å²) >= 11 is 7.36. The molecule has 0 radical (unpaired) electrons. The molecule has 0 saturated heterocycles. The Morgan fingerprint density at radius 3 is 2.67 bits per heavy atom. The Bertz CT molecular complexity index is 1250. The summed E-state index contributed by atoms with van der Waals surface area (Å²) in [6.45, 7) is 3.87. The topological polar surface area (TPSA) is 98.0 Å². The van der Waals surface area contributed by atoms with Crippen molar-refractivity contribution in [2.24, 2.45) is 9.98 Å². The quantitative estimate of drug-likeness (QED) is 0.231. The average Bonchev–Trinajstić information content (AvgIpc) is 3.39. The van der Waals surface area contributed by atoms with Crippen LogP contribution >= 0.6 is 23.4 Å². The summed E-state index contributed by atoms with van der Waals surface area (Å²) in [5, 5.41) is 17.1. The van der Waals surface area contributed by atoms with E-state index in [0.717, 1.165) is 11.8 Å². The monoisotopic (exact) mass is 481 g/mol. The second-order valence-electron chi connectivity index (χ2n) is 7.33. The molecule has 2 aromatic carbocycles. The Labute approximate surface area is 199 Å². The summed E-state index contributed by atoms with van der Waals surface area (Å²) in [6.07, 6.45) is 3.20. The summed E-state index contributed by atoms with van der Waals surface area (Å²) in [5.41, 5.74) is 1.56. The van der Waals surface area contributed by atoms with Crippen LogP contribution in [0.2, 0.25) is 5.02 Å². The van der Waals surface area contributed by atoms with Gasteiger partial charge in [-0.05, 0) is 54.3 Å². The Balaban J connectivity index is 1.59. The molecule has 1 aliphatic heterocycles. The molecular weight excluding hydrogens is 462 g/mol. The van der Waals surface area contributed by atoms with Crippen LogP contribution in [0.15, 0.2) is 81.0 Å². The molecule has 0 unspecified atom stereocenters. The minimum absolute atomic E-state index is 0.0306. The molecule has 33 heavy (non-hydrogen) atoms. The Morgan fingerprint density at radius 2 is 1.97 bits per heavy atom. The van der Waals surface area contributed by atoms with Gasteiger partial charge in [0.1, 0.15) is 5.70 Å². The molecule has 0 fully saturated rings. The van der Waals surface area contributed by atoms with Gasteiger partial charge in [0.05, 0.1) is 5.69 Å². The third kappa shape index (κ3) is 5.32. The third-order valence-corrected chi connectivity index (χ3v) is 5.87. The largest absolute Gasteiger partial charge is 0.861 e. The van der Waals surface area contributed by atoms with Gasteiger partial charge in [-0.15, -0.1) is 0 Å². The number of aromatic nitrogens is 2. The molecule has 0 atom stereocenters. The normalized spacial score (nSPS) is 15.6. The van der Waals surface area contributed by atoms with Crippen LogP contribution in [-0.4, -0.2) is 28.0 Å². The van der Waals surface area contributed by atoms with Gasteiger partial charge in [0.2, 0.25) is 5.27 Å². The summed E-state index contributed by atoms with van der Waals surface area (Å²) < 4.78 is 6.64. The maximum absolute atomic E-state index is 13.2. The first-order chi connectivity index (χ1) is 15.9. The lowest BCUT2D eigenvalue weighted by molar-refractivity contribution is -0.779. The van der Waals surface area contributed by atoms with Crippen LogP contribution in [0.5, 0.6) is 0 Å². The van der Waals surface area contributed by atoms with Crippen LogP contribution in [0.4, 0.5) is 11.6 Å². The van der Waals surface area contributed by atoms with Crippen LogP contribution in [0.25, 0.3) is 6.08 Å². The molecule has 168 valence electrons. The third-order valence-electron chi connectivity index (χ3n) is 4.60. The number of thioether (sulfide) groups is 1. The van der Waals surface area contributed by atoms with Gasteiger partial charge < -0.3 is 5.11 Å². The van der Waals surface area contributed by atoms with E-state index in [9.17, 15) is 9.90 Å². The van der Waals surface area contributed by atoms with Crippen molar-refractivity contribution in [2.75, 3.05) is 10.7 Å². The maximum Gasteiger partial charge on any atom is 0.320 e. The number of carbonyl (C=O) groups is 1. The van der Waals surface area contributed by atoms with Crippen molar-refractivity contribution in [2.45, 2.75) is 19.9 Å². The van der Waals surface area contributed by atoms with Crippen molar-refractivity contribution in [3.05, 3.63) is 77.1 Å². The summed E-state index contributed by atoms with van der Waals surface area (Å²) in [4.78, 5) is 23.1. The molecule has 1 amide bonds. The van der Waals surface area contributed by atoms with E-state index in [1.54, 1.807) is 41.2 Å². The van der Waals surface area contributed by atoms with Gasteiger partial charge in [0, 0.05) is 10.8 Å². The van der Waals surface area contributed by atoms with Gasteiger partial charge in [-0.3, -0.25) is 14.2 Å². The van der Waals surface area contributed by atoms with Crippen molar-refractivity contribution in [1.29, 1.82) is 0 Å². The van der Waals surface area contributed by atoms with Crippen molar-refractivity contribution in [3.8, 4) is 0 Å². The van der Waals surface area contributed by atoms with Crippen LogP contribution in [0.3, 0.4) is 0 Å². The number of halogens is 1. The lowest BCUT2D eigenvalue weighted by Gasteiger charge is -2.18. The smallest absolute Gasteiger partial charge is 0.320 e. The zero-order chi connectivity index (χ0) is 23.4. The van der Waals surface area contributed by atoms with E-state index < -0.39 is 5.90 Å². The zero-order valence-corrected chi connectivity index (χ0v) is 19.5. The molecule has 0 N–H and O–H groups in total. The van der Waals surface area contributed by atoms with E-state index in [1.165, 1.54) is 4.90 Å². The Kier molecular flexibility index (Phi) is 6.90. The number of benzene rings is 2. The molecule has 8 nitrogen and oxygen atoms in total. The number of hydrogen-bond acceptors (Lipinski definition) is 7. The number of para-hydroxylation sites is 1. The number of hydrogen-bond donors (Lipinski definition) is 0. The second-order valence-corrected chi connectivity index (χ2v) is 8.68. The molecule has 2 heterocycles. The first kappa shape index (κ1) is 22.8. The number of carbonyl (C=O) groups excluding carboxylic acids is 1. The van der Waals surface area contributed by atoms with Gasteiger partial charge in [-0.2, -0.15) is 0 Å². The molecule has 0 aliphatic carbocycles. The predicted molar refractivity (Wildman–Crippen MR) is 127 cm³/mol. The fourth-order valence-corrected chi connectivity index (χ4v) is 3.95. The van der Waals surface area contributed by atoms with E-state index in [4.69, 9.17) is 16.1 Å². The van der Waals surface area contributed by atoms with Crippen LogP contribution in [0, 0.1) is 0 Å². The molecule has 3 aromatic rings. The van der Waals surface area contributed by atoms with Crippen molar-refractivity contribution in [3.63, 3.8) is 0 Å². The highest BCUT2D eigenvalue weighted by molar-refractivity contribution is 8.14. The summed E-state index contributed by atoms with van der Waals surface area (Å²) in [6, 6.07) is 16.4. The highest BCUT2D eigenvalue weighted by Gasteiger charge is 2.32. The van der Waals surface area contributed by atoms with E-state index in [0.29, 0.717) is 21.4 Å². The molecular formula is C23H20ClN5O3S. The number of nitrogens with zero attached hydrogens (tertiary/aromatic N) is 5. The molecule has 0 bridgehead atoms. The van der Waals surface area contributed by atoms with E-state index >= 15 is 0 Å². The lowest BCUT2D eigenvalue weighted by atomic mass is 10.2. The summed E-state index contributed by atoms with van der Waals surface area (Å²) in [5.74, 6) is -0.644. The van der Waals surface area contributed by atoms with Gasteiger partial charge in [-0.1, -0.05) is 59.8 Å². The number of anilines is 1. The fraction of sp³-hybridized carbons (Fsp3) is 0.174. The highest BCUT2D eigenvalue weighted by Crippen LogP contribution is 2.30. The first-order valence-electron chi connectivity index (χ1n) is 10.1. The van der Waals surface area contributed by atoms with Gasteiger partial charge >= 0.3 is 5.88 Å². The van der Waals surface area contributed by atoms with Crippen LogP contribution in [-0.2, 0) is 4.79 Å². The minimum Gasteiger partial charge on any atom is -0.861 e. The number of amides is 1. The van der Waals surface area contributed by atoms with Crippen molar-refractivity contribution < 1.29 is 19.1 Å². The number of rotatable bonds is 6. The maximum atomic E-state index is 13.2. The zero-order valence-electron chi connectivity index (χ0n) is 17.9. The molecule has 10 heteroatoms. The Hall–Kier alpha value is -3.43. The van der Waals surface area contributed by atoms with Crippen molar-refractivity contribution in [1.82, 2.24) is 5.27 Å². The van der Waals surface area contributed by atoms with Crippen molar-refractivity contribution >= 4 is 58.0 Å². The fourth-order valence-electron chi connectivity index (χ4n) is 2.96. The Morgan fingerprint density at radius 1 is 1.24 bits per heavy atom. The number of aliphatic imine (C=N–C) groups is 2. The standard InChI is InChI=1S/C23H20ClN5O3S/c1-15(2)28-13-21(32-27-28)26-20(30)14-33-23-25-19(12-16-8-6-7-11-18(16)24)22(31)29(23)17-9-4-3-5-10-17/h3-13,15H,14H2,1-2H3/b19-12+. The average molecular weight is 482 g/mol. The SMILES string of the molecule is CC(C)[n+]1cc(/N=C(\[O-])CSC2=N/C(=C/c3ccccc3Cl)C(=O)N2c2ccccc2)on1. The van der Waals surface area contributed by atoms with E-state index in [1.807, 2.05) is 44.2 Å². The van der Waals surface area contributed by atoms with E-state index in [-0.39, 0.29) is 29.3 Å². The predicted octanol–water partition coefficient (Wildman–Crippen LogP) is 3.76. The molecule has 0 saturated carbocycles. The van der Waals surface area contributed by atoms with Crippen LogP contribution in [0.1, 0.15) is 25.5 Å². The lowest BCUT2D eigenvalue weighted by Crippen LogP contribution is -2.36. The van der Waals surface area contributed by atoms with Gasteiger partial charge in [0.15, 0.2) is 11.2 Å². The summed E-state index contributed by atoms with van der Waals surface area (Å²) in [7, 11) is 0. The van der Waals surface area contributed by atoms with E-state index in [2.05, 4.69) is 15.3 Å². The second kappa shape index (κ2) is 10.0. The highest BCUT2D eigenvalue weighted by atomic mass is 35.5. The number of amidine groups is 1. The molecule has 0 spiro atoms. The van der Waals surface area contributed by atoms with Gasteiger partial charge in [-0.25, -0.2) is 9.98 Å². The van der Waals surface area contributed by atoms with Gasteiger partial charge in [0.25, 0.3) is 12.1 Å². The minimum atomic E-state index is -0.432. The van der Waals surface area contributed by atoms with Crippen LogP contribution < -0.4 is 14.7 Å². The molecule has 4 rings (SSSR count). The molecule has 1 aromatic heterocycles.